The van der Waals surface area contributed by atoms with Gasteiger partial charge in [0.15, 0.2) is 0 Å². The van der Waals surface area contributed by atoms with Crippen molar-refractivity contribution in [2.24, 2.45) is 5.92 Å². The van der Waals surface area contributed by atoms with Crippen LogP contribution in [0.15, 0.2) is 24.3 Å². The van der Waals surface area contributed by atoms with E-state index in [2.05, 4.69) is 6.08 Å². The summed E-state index contributed by atoms with van der Waals surface area (Å²) in [7, 11) is 0. The zero-order valence-electron chi connectivity index (χ0n) is 13.8. The Kier molecular flexibility index (Phi) is 6.41. The van der Waals surface area contributed by atoms with E-state index in [1.54, 1.807) is 0 Å². The Hall–Kier alpha value is -1.39. The van der Waals surface area contributed by atoms with Gasteiger partial charge in [0.2, 0.25) is 0 Å². The van der Waals surface area contributed by atoms with Gasteiger partial charge in [-0.2, -0.15) is 13.2 Å². The average molecular weight is 346 g/mol. The first kappa shape index (κ1) is 18.9. The highest BCUT2D eigenvalue weighted by Gasteiger charge is 2.38. The fourth-order valence-corrected chi connectivity index (χ4v) is 3.57. The first-order chi connectivity index (χ1) is 11.3. The van der Waals surface area contributed by atoms with Gasteiger partial charge in [-0.3, -0.25) is 0 Å². The summed E-state index contributed by atoms with van der Waals surface area (Å²) in [5.74, 6) is -2.46. The number of rotatable bonds is 5. The van der Waals surface area contributed by atoms with E-state index in [4.69, 9.17) is 0 Å². The molecule has 1 aliphatic carbocycles. The SMILES string of the molecule is C/C=C/CCCC1CCC(c2cc(F)c(C(F)(F)F)c(F)c2)CC1. The molecule has 24 heavy (non-hydrogen) atoms. The lowest BCUT2D eigenvalue weighted by Crippen LogP contribution is -2.16. The summed E-state index contributed by atoms with van der Waals surface area (Å²) in [5, 5.41) is 0. The molecule has 0 saturated heterocycles. The second-order valence-corrected chi connectivity index (χ2v) is 6.57. The van der Waals surface area contributed by atoms with Crippen LogP contribution in [0.3, 0.4) is 0 Å². The van der Waals surface area contributed by atoms with Gasteiger partial charge in [0, 0.05) is 0 Å². The van der Waals surface area contributed by atoms with Gasteiger partial charge in [-0.25, -0.2) is 8.78 Å². The lowest BCUT2D eigenvalue weighted by molar-refractivity contribution is -0.142. The molecular weight excluding hydrogens is 323 g/mol. The van der Waals surface area contributed by atoms with Crippen molar-refractivity contribution in [1.82, 2.24) is 0 Å². The lowest BCUT2D eigenvalue weighted by atomic mass is 9.77. The Morgan fingerprint density at radius 3 is 2.12 bits per heavy atom. The van der Waals surface area contributed by atoms with Crippen LogP contribution in [0.1, 0.15) is 68.9 Å². The summed E-state index contributed by atoms with van der Waals surface area (Å²) >= 11 is 0. The largest absolute Gasteiger partial charge is 0.422 e. The molecule has 0 N–H and O–H groups in total. The first-order valence-electron chi connectivity index (χ1n) is 8.50. The first-order valence-corrected chi connectivity index (χ1v) is 8.50. The van der Waals surface area contributed by atoms with Crippen LogP contribution in [0.25, 0.3) is 0 Å². The van der Waals surface area contributed by atoms with E-state index in [1.165, 1.54) is 0 Å². The molecule has 0 amide bonds. The molecule has 0 aliphatic heterocycles. The van der Waals surface area contributed by atoms with Crippen molar-refractivity contribution in [3.05, 3.63) is 47.0 Å². The maximum atomic E-state index is 13.7. The van der Waals surface area contributed by atoms with Crippen LogP contribution in [0, 0.1) is 17.6 Å². The zero-order valence-corrected chi connectivity index (χ0v) is 13.8. The van der Waals surface area contributed by atoms with Gasteiger partial charge in [0.1, 0.15) is 17.2 Å². The monoisotopic (exact) mass is 346 g/mol. The molecule has 0 spiro atoms. The number of benzene rings is 1. The number of hydrogen-bond acceptors (Lipinski definition) is 0. The third-order valence-electron chi connectivity index (χ3n) is 4.88. The van der Waals surface area contributed by atoms with E-state index in [1.807, 2.05) is 13.0 Å². The van der Waals surface area contributed by atoms with Crippen molar-refractivity contribution in [1.29, 1.82) is 0 Å². The van der Waals surface area contributed by atoms with E-state index in [9.17, 15) is 22.0 Å². The van der Waals surface area contributed by atoms with Crippen LogP contribution >= 0.6 is 0 Å². The fourth-order valence-electron chi connectivity index (χ4n) is 3.57. The van der Waals surface area contributed by atoms with Crippen molar-refractivity contribution in [3.8, 4) is 0 Å². The maximum absolute atomic E-state index is 13.7. The number of alkyl halides is 3. The van der Waals surface area contributed by atoms with Gasteiger partial charge >= 0.3 is 6.18 Å². The van der Waals surface area contributed by atoms with Crippen LogP contribution in [-0.4, -0.2) is 0 Å². The van der Waals surface area contributed by atoms with E-state index in [0.29, 0.717) is 11.5 Å². The fraction of sp³-hybridized carbons (Fsp3) is 0.579. The third-order valence-corrected chi connectivity index (χ3v) is 4.88. The molecule has 1 aliphatic rings. The molecule has 0 bridgehead atoms. The van der Waals surface area contributed by atoms with E-state index >= 15 is 0 Å². The minimum absolute atomic E-state index is 0.0527. The van der Waals surface area contributed by atoms with Crippen LogP contribution in [0.2, 0.25) is 0 Å². The molecule has 0 radical (unpaired) electrons. The van der Waals surface area contributed by atoms with Crippen molar-refractivity contribution in [2.45, 2.75) is 64.0 Å². The molecule has 1 saturated carbocycles. The minimum Gasteiger partial charge on any atom is -0.206 e. The number of unbranched alkanes of at least 4 members (excludes halogenated alkanes) is 1. The molecule has 0 aromatic heterocycles. The summed E-state index contributed by atoms with van der Waals surface area (Å²) in [6.07, 6.45) is 5.97. The molecule has 134 valence electrons. The number of hydrogen-bond donors (Lipinski definition) is 0. The second kappa shape index (κ2) is 8.13. The standard InChI is InChI=1S/C19H23F5/c1-2-3-4-5-6-13-7-9-14(10-8-13)15-11-16(20)18(17(21)12-15)19(22,23)24/h2-3,11-14H,4-10H2,1H3/b3-2+. The topological polar surface area (TPSA) is 0 Å². The smallest absolute Gasteiger partial charge is 0.206 e. The van der Waals surface area contributed by atoms with Crippen LogP contribution in [0.5, 0.6) is 0 Å². The van der Waals surface area contributed by atoms with Gasteiger partial charge in [-0.1, -0.05) is 18.6 Å². The predicted molar refractivity (Wildman–Crippen MR) is 84.7 cm³/mol. The van der Waals surface area contributed by atoms with Crippen molar-refractivity contribution >= 4 is 0 Å². The van der Waals surface area contributed by atoms with Gasteiger partial charge < -0.3 is 0 Å². The molecule has 1 fully saturated rings. The molecule has 2 rings (SSSR count). The van der Waals surface area contributed by atoms with E-state index in [-0.39, 0.29) is 5.92 Å². The molecule has 5 heteroatoms. The summed E-state index contributed by atoms with van der Waals surface area (Å²) in [6, 6.07) is 1.73. The van der Waals surface area contributed by atoms with Crippen molar-refractivity contribution in [2.75, 3.05) is 0 Å². The Balaban J connectivity index is 1.97. The van der Waals surface area contributed by atoms with Crippen molar-refractivity contribution in [3.63, 3.8) is 0 Å². The van der Waals surface area contributed by atoms with Gasteiger partial charge in [-0.05, 0) is 75.0 Å². The molecule has 1 aromatic carbocycles. The number of allylic oxidation sites excluding steroid dienone is 2. The van der Waals surface area contributed by atoms with E-state index < -0.39 is 23.4 Å². The minimum atomic E-state index is -5.00. The highest BCUT2D eigenvalue weighted by molar-refractivity contribution is 5.30. The molecule has 1 aromatic rings. The highest BCUT2D eigenvalue weighted by Crippen LogP contribution is 2.40. The third kappa shape index (κ3) is 4.81. The van der Waals surface area contributed by atoms with E-state index in [0.717, 1.165) is 57.1 Å². The molecule has 0 unspecified atom stereocenters. The van der Waals surface area contributed by atoms with Gasteiger partial charge in [0.25, 0.3) is 0 Å². The van der Waals surface area contributed by atoms with Crippen LogP contribution in [0.4, 0.5) is 22.0 Å². The zero-order chi connectivity index (χ0) is 17.7. The normalized spacial score (nSPS) is 22.2. The quantitative estimate of drug-likeness (QED) is 0.306. The summed E-state index contributed by atoms with van der Waals surface area (Å²) in [6.45, 7) is 1.99. The molecule has 0 atom stereocenters. The molecule has 0 heterocycles. The van der Waals surface area contributed by atoms with Crippen LogP contribution < -0.4 is 0 Å². The molecule has 0 nitrogen and oxygen atoms in total. The molecular formula is C19H23F5. The van der Waals surface area contributed by atoms with Crippen molar-refractivity contribution < 1.29 is 22.0 Å². The second-order valence-electron chi connectivity index (χ2n) is 6.57. The highest BCUT2D eigenvalue weighted by atomic mass is 19.4. The lowest BCUT2D eigenvalue weighted by Gasteiger charge is -2.29. The predicted octanol–water partition coefficient (Wildman–Crippen LogP) is 7.00. The summed E-state index contributed by atoms with van der Waals surface area (Å²) in [4.78, 5) is 0. The number of halogens is 5. The summed E-state index contributed by atoms with van der Waals surface area (Å²) < 4.78 is 65.3. The maximum Gasteiger partial charge on any atom is 0.422 e. The Morgan fingerprint density at radius 2 is 1.62 bits per heavy atom. The van der Waals surface area contributed by atoms with Gasteiger partial charge in [-0.15, -0.1) is 0 Å². The average Bonchev–Trinajstić information content (AvgIpc) is 2.50. The Morgan fingerprint density at radius 1 is 1.04 bits per heavy atom. The summed E-state index contributed by atoms with van der Waals surface area (Å²) in [5.41, 5.74) is -1.44. The Labute approximate surface area is 139 Å². The van der Waals surface area contributed by atoms with Crippen LogP contribution in [-0.2, 0) is 6.18 Å². The van der Waals surface area contributed by atoms with Gasteiger partial charge in [0.05, 0.1) is 0 Å². The Bertz CT molecular complexity index is 543.